The number of halogens is 3. The Labute approximate surface area is 120 Å². The van der Waals surface area contributed by atoms with Gasteiger partial charge in [-0.3, -0.25) is 0 Å². The topological polar surface area (TPSA) is 32.3 Å². The van der Waals surface area contributed by atoms with Gasteiger partial charge in [-0.15, -0.1) is 0 Å². The van der Waals surface area contributed by atoms with E-state index in [1.807, 2.05) is 13.2 Å². The molecule has 0 saturated heterocycles. The Morgan fingerprint density at radius 1 is 1.35 bits per heavy atom. The van der Waals surface area contributed by atoms with E-state index in [1.165, 1.54) is 11.9 Å². The van der Waals surface area contributed by atoms with Crippen LogP contribution in [0.1, 0.15) is 12.5 Å². The monoisotopic (exact) mass is 306 g/mol. The molecule has 1 rings (SSSR count). The molecule has 0 heterocycles. The first-order chi connectivity index (χ1) is 9.35. The summed E-state index contributed by atoms with van der Waals surface area (Å²) >= 11 is 1.60. The summed E-state index contributed by atoms with van der Waals surface area (Å²) in [6.45, 7) is 1.85. The van der Waals surface area contributed by atoms with Gasteiger partial charge in [-0.1, -0.05) is 0 Å². The van der Waals surface area contributed by atoms with Crippen molar-refractivity contribution >= 4 is 17.8 Å². The largest absolute Gasteiger partial charge is 0.335 e. The number of nitrogens with one attached hydrogen (secondary N) is 1. The summed E-state index contributed by atoms with van der Waals surface area (Å²) in [5.41, 5.74) is 0.191. The van der Waals surface area contributed by atoms with Crippen molar-refractivity contribution in [1.82, 2.24) is 10.2 Å². The SMILES string of the molecule is CSC[C@@H](C)NC(=O)N(C)Cc1cc(F)c(F)c(F)c1. The van der Waals surface area contributed by atoms with Crippen molar-refractivity contribution in [1.29, 1.82) is 0 Å². The van der Waals surface area contributed by atoms with Crippen molar-refractivity contribution < 1.29 is 18.0 Å². The Morgan fingerprint density at radius 2 is 1.90 bits per heavy atom. The molecule has 1 aromatic rings. The van der Waals surface area contributed by atoms with Gasteiger partial charge in [0, 0.05) is 25.4 Å². The van der Waals surface area contributed by atoms with E-state index in [1.54, 1.807) is 11.8 Å². The van der Waals surface area contributed by atoms with Crippen LogP contribution in [0.4, 0.5) is 18.0 Å². The molecule has 20 heavy (non-hydrogen) atoms. The lowest BCUT2D eigenvalue weighted by molar-refractivity contribution is 0.204. The van der Waals surface area contributed by atoms with Crippen molar-refractivity contribution in [3.63, 3.8) is 0 Å². The minimum Gasteiger partial charge on any atom is -0.335 e. The predicted molar refractivity (Wildman–Crippen MR) is 74.2 cm³/mol. The maximum absolute atomic E-state index is 13.1. The van der Waals surface area contributed by atoms with E-state index in [9.17, 15) is 18.0 Å². The molecule has 0 fully saturated rings. The van der Waals surface area contributed by atoms with Gasteiger partial charge in [0.25, 0.3) is 0 Å². The molecule has 1 atom stereocenters. The van der Waals surface area contributed by atoms with E-state index in [2.05, 4.69) is 5.32 Å². The first-order valence-corrected chi connectivity index (χ1v) is 7.38. The van der Waals surface area contributed by atoms with Gasteiger partial charge in [0.15, 0.2) is 17.5 Å². The molecular formula is C13H17F3N2OS. The van der Waals surface area contributed by atoms with Crippen LogP contribution in [0, 0.1) is 17.5 Å². The van der Waals surface area contributed by atoms with Crippen LogP contribution in [0.5, 0.6) is 0 Å². The number of rotatable bonds is 5. The third kappa shape index (κ3) is 4.63. The standard InChI is InChI=1S/C13H17F3N2OS/c1-8(7-20-3)17-13(19)18(2)6-9-4-10(14)12(16)11(15)5-9/h4-5,8H,6-7H2,1-3H3,(H,17,19)/t8-/m1/s1. The second-order valence-corrected chi connectivity index (χ2v) is 5.45. The van der Waals surface area contributed by atoms with Crippen molar-refractivity contribution in [2.45, 2.75) is 19.5 Å². The van der Waals surface area contributed by atoms with Gasteiger partial charge in [0.1, 0.15) is 0 Å². The number of nitrogens with zero attached hydrogens (tertiary/aromatic N) is 1. The van der Waals surface area contributed by atoms with E-state index >= 15 is 0 Å². The average Bonchev–Trinajstić information content (AvgIpc) is 2.35. The molecule has 0 spiro atoms. The predicted octanol–water partition coefficient (Wildman–Crippen LogP) is 3.00. The maximum atomic E-state index is 13.1. The fourth-order valence-electron chi connectivity index (χ4n) is 1.66. The van der Waals surface area contributed by atoms with Crippen molar-refractivity contribution in [3.05, 3.63) is 35.1 Å². The molecule has 0 aromatic heterocycles. The van der Waals surface area contributed by atoms with E-state index < -0.39 is 17.5 Å². The summed E-state index contributed by atoms with van der Waals surface area (Å²) < 4.78 is 38.9. The lowest BCUT2D eigenvalue weighted by Gasteiger charge is -2.21. The number of amides is 2. The fraction of sp³-hybridized carbons (Fsp3) is 0.462. The highest BCUT2D eigenvalue weighted by atomic mass is 32.2. The molecule has 0 aliphatic rings. The molecule has 0 unspecified atom stereocenters. The summed E-state index contributed by atoms with van der Waals surface area (Å²) in [5, 5.41) is 2.75. The van der Waals surface area contributed by atoms with E-state index in [0.717, 1.165) is 17.9 Å². The molecule has 7 heteroatoms. The van der Waals surface area contributed by atoms with Crippen LogP contribution in [-0.2, 0) is 6.54 Å². The first-order valence-electron chi connectivity index (χ1n) is 5.99. The molecule has 0 radical (unpaired) electrons. The van der Waals surface area contributed by atoms with Crippen LogP contribution >= 0.6 is 11.8 Å². The van der Waals surface area contributed by atoms with Gasteiger partial charge < -0.3 is 10.2 Å². The summed E-state index contributed by atoms with van der Waals surface area (Å²) in [6.07, 6.45) is 1.93. The van der Waals surface area contributed by atoms with Gasteiger partial charge in [-0.25, -0.2) is 18.0 Å². The Bertz CT molecular complexity index is 462. The molecule has 112 valence electrons. The van der Waals surface area contributed by atoms with Gasteiger partial charge in [-0.05, 0) is 30.9 Å². The van der Waals surface area contributed by atoms with Gasteiger partial charge in [-0.2, -0.15) is 11.8 Å². The van der Waals surface area contributed by atoms with Crippen molar-refractivity contribution in [2.24, 2.45) is 0 Å². The number of benzene rings is 1. The Morgan fingerprint density at radius 3 is 2.40 bits per heavy atom. The molecule has 1 aromatic carbocycles. The van der Waals surface area contributed by atoms with Crippen LogP contribution in [0.15, 0.2) is 12.1 Å². The molecule has 0 saturated carbocycles. The van der Waals surface area contributed by atoms with Crippen LogP contribution in [0.25, 0.3) is 0 Å². The second-order valence-electron chi connectivity index (χ2n) is 4.54. The third-order valence-electron chi connectivity index (χ3n) is 2.60. The lowest BCUT2D eigenvalue weighted by Crippen LogP contribution is -2.42. The molecule has 1 N–H and O–H groups in total. The summed E-state index contributed by atoms with van der Waals surface area (Å²) in [5.74, 6) is -3.26. The number of hydrogen-bond acceptors (Lipinski definition) is 2. The lowest BCUT2D eigenvalue weighted by atomic mass is 10.2. The highest BCUT2D eigenvalue weighted by molar-refractivity contribution is 7.98. The fourth-order valence-corrected chi connectivity index (χ4v) is 2.24. The van der Waals surface area contributed by atoms with Gasteiger partial charge in [0.2, 0.25) is 0 Å². The smallest absolute Gasteiger partial charge is 0.317 e. The Hall–Kier alpha value is -1.37. The number of carbonyl (C=O) groups excluding carboxylic acids is 1. The van der Waals surface area contributed by atoms with Crippen molar-refractivity contribution in [2.75, 3.05) is 19.1 Å². The maximum Gasteiger partial charge on any atom is 0.317 e. The normalized spacial score (nSPS) is 12.1. The highest BCUT2D eigenvalue weighted by Crippen LogP contribution is 2.14. The zero-order valence-electron chi connectivity index (χ0n) is 11.5. The summed E-state index contributed by atoms with van der Waals surface area (Å²) in [7, 11) is 1.50. The second kappa shape index (κ2) is 7.42. The molecule has 0 aliphatic carbocycles. The van der Waals surface area contributed by atoms with E-state index in [-0.39, 0.29) is 24.2 Å². The van der Waals surface area contributed by atoms with Gasteiger partial charge >= 0.3 is 6.03 Å². The minimum atomic E-state index is -1.51. The van der Waals surface area contributed by atoms with Crippen LogP contribution in [-0.4, -0.2) is 36.0 Å². The van der Waals surface area contributed by atoms with Gasteiger partial charge in [0.05, 0.1) is 0 Å². The first kappa shape index (κ1) is 16.7. The zero-order valence-corrected chi connectivity index (χ0v) is 12.4. The number of urea groups is 1. The van der Waals surface area contributed by atoms with Crippen LogP contribution in [0.3, 0.4) is 0 Å². The summed E-state index contributed by atoms with van der Waals surface area (Å²) in [6, 6.07) is 1.40. The van der Waals surface area contributed by atoms with Crippen molar-refractivity contribution in [3.8, 4) is 0 Å². The number of thioether (sulfide) groups is 1. The zero-order chi connectivity index (χ0) is 15.3. The molecule has 2 amide bonds. The molecule has 0 aliphatic heterocycles. The highest BCUT2D eigenvalue weighted by Gasteiger charge is 2.15. The average molecular weight is 306 g/mol. The Balaban J connectivity index is 2.66. The van der Waals surface area contributed by atoms with E-state index in [4.69, 9.17) is 0 Å². The Kier molecular flexibility index (Phi) is 6.19. The quantitative estimate of drug-likeness (QED) is 0.848. The summed E-state index contributed by atoms with van der Waals surface area (Å²) in [4.78, 5) is 13.1. The molecule has 3 nitrogen and oxygen atoms in total. The number of carbonyl (C=O) groups is 1. The number of hydrogen-bond donors (Lipinski definition) is 1. The van der Waals surface area contributed by atoms with Crippen LogP contribution in [0.2, 0.25) is 0 Å². The molecular weight excluding hydrogens is 289 g/mol. The molecule has 0 bridgehead atoms. The van der Waals surface area contributed by atoms with Crippen LogP contribution < -0.4 is 5.32 Å². The third-order valence-corrected chi connectivity index (χ3v) is 3.43. The minimum absolute atomic E-state index is 0.00799. The van der Waals surface area contributed by atoms with E-state index in [0.29, 0.717) is 0 Å².